The number of ketones is 1. The van der Waals surface area contributed by atoms with Crippen LogP contribution in [0.5, 0.6) is 5.75 Å². The average molecular weight is 392 g/mol. The second-order valence-electron chi connectivity index (χ2n) is 7.55. The third-order valence-electron chi connectivity index (χ3n) is 5.75. The fraction of sp³-hybridized carbons (Fsp3) is 0.348. The highest BCUT2D eigenvalue weighted by Crippen LogP contribution is 2.40. The molecule has 1 spiro atoms. The molecule has 1 N–H and O–H groups in total. The molecule has 4 rings (SSSR count). The summed E-state index contributed by atoms with van der Waals surface area (Å²) in [6, 6.07) is 12.5. The van der Waals surface area contributed by atoms with E-state index >= 15 is 0 Å². The summed E-state index contributed by atoms with van der Waals surface area (Å²) in [5.74, 6) is 0.248. The lowest BCUT2D eigenvalue weighted by atomic mass is 9.76. The number of benzene rings is 2. The molecule has 29 heavy (non-hydrogen) atoms. The zero-order valence-electron chi connectivity index (χ0n) is 16.7. The van der Waals surface area contributed by atoms with Crippen LogP contribution in [0.3, 0.4) is 0 Å². The first kappa shape index (κ1) is 19.2. The number of carbonyl (C=O) groups excluding carboxylic acids is 3. The Hall–Kier alpha value is -3.15. The second-order valence-corrected chi connectivity index (χ2v) is 7.55. The van der Waals surface area contributed by atoms with Crippen LogP contribution >= 0.6 is 0 Å². The number of nitrogens with zero attached hydrogens (tertiary/aromatic N) is 1. The molecule has 0 saturated carbocycles. The van der Waals surface area contributed by atoms with Gasteiger partial charge >= 0.3 is 6.03 Å². The van der Waals surface area contributed by atoms with Gasteiger partial charge in [-0.15, -0.1) is 0 Å². The van der Waals surface area contributed by atoms with E-state index < -0.39 is 11.6 Å². The molecule has 1 saturated heterocycles. The molecule has 1 aliphatic heterocycles. The Morgan fingerprint density at radius 3 is 2.76 bits per heavy atom. The van der Waals surface area contributed by atoms with Gasteiger partial charge in [-0.3, -0.25) is 14.5 Å². The predicted octanol–water partition coefficient (Wildman–Crippen LogP) is 3.57. The molecule has 150 valence electrons. The highest BCUT2D eigenvalue weighted by Gasteiger charge is 2.53. The van der Waals surface area contributed by atoms with Gasteiger partial charge in [-0.25, -0.2) is 4.79 Å². The number of rotatable bonds is 5. The van der Waals surface area contributed by atoms with Gasteiger partial charge in [0.15, 0.2) is 5.78 Å². The number of hydrogen-bond acceptors (Lipinski definition) is 4. The third-order valence-corrected chi connectivity index (χ3v) is 5.75. The van der Waals surface area contributed by atoms with Gasteiger partial charge in [-0.05, 0) is 62.4 Å². The lowest BCUT2D eigenvalue weighted by molar-refractivity contribution is -0.132. The van der Waals surface area contributed by atoms with Crippen molar-refractivity contribution in [3.8, 4) is 5.75 Å². The monoisotopic (exact) mass is 392 g/mol. The van der Waals surface area contributed by atoms with Gasteiger partial charge in [0.25, 0.3) is 5.91 Å². The average Bonchev–Trinajstić information content (AvgIpc) is 2.94. The molecule has 0 bridgehead atoms. The van der Waals surface area contributed by atoms with Gasteiger partial charge in [0.05, 0.1) is 13.2 Å². The van der Waals surface area contributed by atoms with E-state index in [4.69, 9.17) is 4.74 Å². The molecular formula is C23H24N2O4. The van der Waals surface area contributed by atoms with E-state index in [0.717, 1.165) is 24.0 Å². The maximum atomic E-state index is 13.5. The van der Waals surface area contributed by atoms with Gasteiger partial charge in [-0.2, -0.15) is 0 Å². The van der Waals surface area contributed by atoms with Crippen LogP contribution in [0.1, 0.15) is 53.7 Å². The zero-order chi connectivity index (χ0) is 20.6. The van der Waals surface area contributed by atoms with Crippen molar-refractivity contribution in [1.29, 1.82) is 0 Å². The Labute approximate surface area is 169 Å². The third kappa shape index (κ3) is 3.18. The van der Waals surface area contributed by atoms with Crippen LogP contribution in [0.4, 0.5) is 4.79 Å². The summed E-state index contributed by atoms with van der Waals surface area (Å²) in [6.07, 6.45) is 2.31. The lowest BCUT2D eigenvalue weighted by Gasteiger charge is -2.33. The summed E-state index contributed by atoms with van der Waals surface area (Å²) >= 11 is 0. The number of amides is 3. The fourth-order valence-electron chi connectivity index (χ4n) is 4.34. The summed E-state index contributed by atoms with van der Waals surface area (Å²) in [5, 5.41) is 2.96. The van der Waals surface area contributed by atoms with Crippen molar-refractivity contribution in [2.24, 2.45) is 0 Å². The molecular weight excluding hydrogens is 368 g/mol. The Morgan fingerprint density at radius 1 is 1.21 bits per heavy atom. The molecule has 2 aromatic rings. The number of carbonyl (C=O) groups is 3. The number of urea groups is 1. The van der Waals surface area contributed by atoms with Crippen LogP contribution in [0.2, 0.25) is 0 Å². The Morgan fingerprint density at radius 2 is 2.00 bits per heavy atom. The Balaban J connectivity index is 1.70. The minimum atomic E-state index is -1.00. The SMILES string of the molecule is CCOc1ccc(C(C)=O)cc1CN1C(=O)N[C@@]2(CCCc3ccccc32)C1=O. The molecule has 1 atom stereocenters. The van der Waals surface area contributed by atoms with E-state index in [1.807, 2.05) is 31.2 Å². The van der Waals surface area contributed by atoms with Crippen LogP contribution in [0.25, 0.3) is 0 Å². The van der Waals surface area contributed by atoms with Gasteiger partial charge in [0, 0.05) is 11.1 Å². The van der Waals surface area contributed by atoms with Crippen LogP contribution < -0.4 is 10.1 Å². The van der Waals surface area contributed by atoms with Gasteiger partial charge in [-0.1, -0.05) is 24.3 Å². The second kappa shape index (κ2) is 7.35. The number of nitrogens with one attached hydrogen (secondary N) is 1. The van der Waals surface area contributed by atoms with E-state index in [1.165, 1.54) is 11.8 Å². The maximum absolute atomic E-state index is 13.5. The lowest BCUT2D eigenvalue weighted by Crippen LogP contribution is -2.46. The first-order chi connectivity index (χ1) is 14.0. The van der Waals surface area contributed by atoms with Gasteiger partial charge in [0.2, 0.25) is 0 Å². The highest BCUT2D eigenvalue weighted by molar-refractivity contribution is 6.07. The first-order valence-electron chi connectivity index (χ1n) is 9.95. The normalized spacial score (nSPS) is 20.6. The van der Waals surface area contributed by atoms with Crippen molar-refractivity contribution in [2.75, 3.05) is 6.61 Å². The van der Waals surface area contributed by atoms with E-state index in [-0.39, 0.29) is 18.2 Å². The zero-order valence-corrected chi connectivity index (χ0v) is 16.7. The van der Waals surface area contributed by atoms with E-state index in [0.29, 0.717) is 29.9 Å². The molecule has 6 heteroatoms. The summed E-state index contributed by atoms with van der Waals surface area (Å²) in [5.41, 5.74) is 2.14. The quantitative estimate of drug-likeness (QED) is 0.623. The molecule has 1 aliphatic carbocycles. The molecule has 6 nitrogen and oxygen atoms in total. The van der Waals surface area contributed by atoms with Crippen LogP contribution in [0.15, 0.2) is 42.5 Å². The van der Waals surface area contributed by atoms with Crippen LogP contribution in [-0.4, -0.2) is 29.2 Å². The topological polar surface area (TPSA) is 75.7 Å². The van der Waals surface area contributed by atoms with Crippen molar-refractivity contribution >= 4 is 17.7 Å². The maximum Gasteiger partial charge on any atom is 0.325 e. The number of fused-ring (bicyclic) bond motifs is 2. The molecule has 0 radical (unpaired) electrons. The van der Waals surface area contributed by atoms with Crippen molar-refractivity contribution < 1.29 is 19.1 Å². The van der Waals surface area contributed by atoms with Gasteiger partial charge < -0.3 is 10.1 Å². The summed E-state index contributed by atoms with van der Waals surface area (Å²) < 4.78 is 5.66. The molecule has 2 aliphatic rings. The predicted molar refractivity (Wildman–Crippen MR) is 108 cm³/mol. The van der Waals surface area contributed by atoms with E-state index in [2.05, 4.69) is 5.32 Å². The van der Waals surface area contributed by atoms with Crippen molar-refractivity contribution in [3.05, 3.63) is 64.7 Å². The van der Waals surface area contributed by atoms with Crippen LogP contribution in [-0.2, 0) is 23.3 Å². The van der Waals surface area contributed by atoms with Gasteiger partial charge in [0.1, 0.15) is 11.3 Å². The van der Waals surface area contributed by atoms with Crippen molar-refractivity contribution in [2.45, 2.75) is 45.2 Å². The van der Waals surface area contributed by atoms with Crippen molar-refractivity contribution in [3.63, 3.8) is 0 Å². The molecule has 1 heterocycles. The summed E-state index contributed by atoms with van der Waals surface area (Å²) in [6.45, 7) is 3.86. The van der Waals surface area contributed by atoms with Crippen molar-refractivity contribution in [1.82, 2.24) is 10.2 Å². The molecule has 3 amide bonds. The smallest absolute Gasteiger partial charge is 0.325 e. The first-order valence-corrected chi connectivity index (χ1v) is 9.95. The number of ether oxygens (including phenoxy) is 1. The molecule has 0 aromatic heterocycles. The number of hydrogen-bond donors (Lipinski definition) is 1. The minimum absolute atomic E-state index is 0.0606. The number of imide groups is 1. The molecule has 0 unspecified atom stereocenters. The summed E-state index contributed by atoms with van der Waals surface area (Å²) in [4.78, 5) is 39.4. The standard InChI is InChI=1S/C23H24N2O4/c1-3-29-20-11-10-17(15(2)26)13-18(20)14-25-21(27)23(24-22(25)28)12-6-8-16-7-4-5-9-19(16)23/h4-5,7,9-11,13H,3,6,8,12,14H2,1-2H3,(H,24,28)/t23-/m1/s1. The van der Waals surface area contributed by atoms with E-state index in [1.54, 1.807) is 18.2 Å². The Kier molecular flexibility index (Phi) is 4.86. The highest BCUT2D eigenvalue weighted by atomic mass is 16.5. The molecule has 1 fully saturated rings. The summed E-state index contributed by atoms with van der Waals surface area (Å²) in [7, 11) is 0. The number of Topliss-reactive ketones (excluding diaryl/α,β-unsaturated/α-hetero) is 1. The molecule has 2 aromatic carbocycles. The van der Waals surface area contributed by atoms with Crippen LogP contribution in [0, 0.1) is 0 Å². The largest absolute Gasteiger partial charge is 0.494 e. The number of aryl methyl sites for hydroxylation is 1. The Bertz CT molecular complexity index is 1000. The fourth-order valence-corrected chi connectivity index (χ4v) is 4.34. The van der Waals surface area contributed by atoms with E-state index in [9.17, 15) is 14.4 Å². The minimum Gasteiger partial charge on any atom is -0.494 e.